The molecule has 2 N–H and O–H groups in total. The number of carboxylic acids is 1. The second-order valence-corrected chi connectivity index (χ2v) is 6.35. The van der Waals surface area contributed by atoms with Crippen LogP contribution >= 0.6 is 0 Å². The van der Waals surface area contributed by atoms with Gasteiger partial charge in [-0.3, -0.25) is 4.79 Å². The number of nitrogens with one attached hydrogen (secondary N) is 1. The summed E-state index contributed by atoms with van der Waals surface area (Å²) in [4.78, 5) is 24.0. The van der Waals surface area contributed by atoms with Crippen LogP contribution in [-0.4, -0.2) is 45.5 Å². The second kappa shape index (κ2) is 4.88. The molecule has 18 heavy (non-hydrogen) atoms. The van der Waals surface area contributed by atoms with Gasteiger partial charge in [0.15, 0.2) is 0 Å². The molecule has 0 aliphatic carbocycles. The number of carboxylic acid groups (broad SMARTS) is 1. The highest BCUT2D eigenvalue weighted by Crippen LogP contribution is 2.31. The lowest BCUT2D eigenvalue weighted by molar-refractivity contribution is -0.158. The summed E-state index contributed by atoms with van der Waals surface area (Å²) < 4.78 is 0. The van der Waals surface area contributed by atoms with Gasteiger partial charge in [-0.25, -0.2) is 4.79 Å². The molecular formula is C13H24N2O3. The molecule has 0 aromatic carbocycles. The molecule has 1 aliphatic rings. The van der Waals surface area contributed by atoms with E-state index in [-0.39, 0.29) is 17.1 Å². The molecule has 0 atom stereocenters. The number of nitrogens with zero attached hydrogens (tertiary/aromatic N) is 1. The minimum Gasteiger partial charge on any atom is -0.474 e. The fourth-order valence-electron chi connectivity index (χ4n) is 3.18. The van der Waals surface area contributed by atoms with E-state index in [0.29, 0.717) is 6.54 Å². The number of hydrogen-bond donors (Lipinski definition) is 2. The molecule has 5 nitrogen and oxygen atoms in total. The molecule has 0 aromatic rings. The Hall–Kier alpha value is -1.10. The van der Waals surface area contributed by atoms with Crippen LogP contribution in [0.3, 0.4) is 0 Å². The van der Waals surface area contributed by atoms with Gasteiger partial charge in [-0.05, 0) is 47.5 Å². The van der Waals surface area contributed by atoms with Gasteiger partial charge < -0.3 is 15.3 Å². The van der Waals surface area contributed by atoms with Crippen LogP contribution in [0.2, 0.25) is 0 Å². The number of aliphatic carboxylic acids is 1. The number of hydrogen-bond acceptors (Lipinski definition) is 3. The SMILES string of the molecule is CCN(C(=O)C(=O)O)C1CC(C)(C)NC(C)(C)C1. The number of amides is 1. The fraction of sp³-hybridized carbons (Fsp3) is 0.846. The Morgan fingerprint density at radius 3 is 2.00 bits per heavy atom. The highest BCUT2D eigenvalue weighted by Gasteiger charge is 2.41. The van der Waals surface area contributed by atoms with Crippen molar-refractivity contribution in [3.05, 3.63) is 0 Å². The van der Waals surface area contributed by atoms with Crippen molar-refractivity contribution < 1.29 is 14.7 Å². The van der Waals surface area contributed by atoms with Crippen LogP contribution in [0, 0.1) is 0 Å². The summed E-state index contributed by atoms with van der Waals surface area (Å²) in [6, 6.07) is -0.0233. The Morgan fingerprint density at radius 2 is 1.67 bits per heavy atom. The molecule has 104 valence electrons. The van der Waals surface area contributed by atoms with Crippen LogP contribution in [0.5, 0.6) is 0 Å². The fourth-order valence-corrected chi connectivity index (χ4v) is 3.18. The Morgan fingerprint density at radius 1 is 1.22 bits per heavy atom. The normalized spacial score (nSPS) is 22.5. The third-order valence-corrected chi connectivity index (χ3v) is 3.39. The lowest BCUT2D eigenvalue weighted by Crippen LogP contribution is -2.63. The predicted molar refractivity (Wildman–Crippen MR) is 69.3 cm³/mol. The molecule has 1 aliphatic heterocycles. The van der Waals surface area contributed by atoms with Crippen molar-refractivity contribution in [3.8, 4) is 0 Å². The largest absolute Gasteiger partial charge is 0.474 e. The molecule has 1 saturated heterocycles. The molecule has 0 spiro atoms. The molecule has 1 rings (SSSR count). The summed E-state index contributed by atoms with van der Waals surface area (Å²) in [5.74, 6) is -2.16. The average molecular weight is 256 g/mol. The van der Waals surface area contributed by atoms with E-state index in [1.807, 2.05) is 6.92 Å². The minimum atomic E-state index is -1.37. The molecule has 1 fully saturated rings. The lowest BCUT2D eigenvalue weighted by Gasteiger charge is -2.49. The van der Waals surface area contributed by atoms with Crippen LogP contribution < -0.4 is 5.32 Å². The van der Waals surface area contributed by atoms with Gasteiger partial charge in [-0.1, -0.05) is 0 Å². The van der Waals surface area contributed by atoms with Crippen molar-refractivity contribution in [1.82, 2.24) is 10.2 Å². The average Bonchev–Trinajstić information content (AvgIpc) is 2.13. The summed E-state index contributed by atoms with van der Waals surface area (Å²) in [6.45, 7) is 10.6. The van der Waals surface area contributed by atoms with E-state index in [2.05, 4.69) is 33.0 Å². The first-order valence-electron chi connectivity index (χ1n) is 6.41. The summed E-state index contributed by atoms with van der Waals surface area (Å²) in [6.07, 6.45) is 1.53. The van der Waals surface area contributed by atoms with E-state index in [0.717, 1.165) is 12.8 Å². The molecule has 1 amide bonds. The Balaban J connectivity index is 2.92. The zero-order valence-electron chi connectivity index (χ0n) is 11.9. The van der Waals surface area contributed by atoms with Gasteiger partial charge in [0.2, 0.25) is 0 Å². The van der Waals surface area contributed by atoms with Gasteiger partial charge in [0.1, 0.15) is 0 Å². The number of piperidine rings is 1. The quantitative estimate of drug-likeness (QED) is 0.729. The smallest absolute Gasteiger partial charge is 0.394 e. The van der Waals surface area contributed by atoms with E-state index in [1.54, 1.807) is 0 Å². The zero-order valence-corrected chi connectivity index (χ0v) is 11.9. The van der Waals surface area contributed by atoms with E-state index in [1.165, 1.54) is 4.90 Å². The third-order valence-electron chi connectivity index (χ3n) is 3.39. The van der Waals surface area contributed by atoms with Crippen molar-refractivity contribution >= 4 is 11.9 Å². The maximum absolute atomic E-state index is 11.7. The summed E-state index contributed by atoms with van der Waals surface area (Å²) in [7, 11) is 0. The van der Waals surface area contributed by atoms with Crippen molar-refractivity contribution in [2.75, 3.05) is 6.54 Å². The first kappa shape index (κ1) is 15.0. The van der Waals surface area contributed by atoms with Crippen LogP contribution in [0.25, 0.3) is 0 Å². The van der Waals surface area contributed by atoms with Crippen molar-refractivity contribution in [1.29, 1.82) is 0 Å². The first-order chi connectivity index (χ1) is 8.08. The summed E-state index contributed by atoms with van der Waals surface area (Å²) in [5.41, 5.74) is -0.197. The highest BCUT2D eigenvalue weighted by molar-refractivity contribution is 6.31. The molecule has 1 heterocycles. The van der Waals surface area contributed by atoms with E-state index < -0.39 is 11.9 Å². The van der Waals surface area contributed by atoms with Gasteiger partial charge in [0.05, 0.1) is 0 Å². The molecule has 0 aromatic heterocycles. The molecule has 0 saturated carbocycles. The number of carbonyl (C=O) groups is 2. The Kier molecular flexibility index (Phi) is 4.05. The van der Waals surface area contributed by atoms with Gasteiger partial charge in [0, 0.05) is 23.7 Å². The summed E-state index contributed by atoms with van der Waals surface area (Å²) >= 11 is 0. The van der Waals surface area contributed by atoms with Crippen molar-refractivity contribution in [2.24, 2.45) is 0 Å². The Labute approximate surface area is 109 Å². The predicted octanol–water partition coefficient (Wildman–Crippen LogP) is 1.23. The molecule has 0 bridgehead atoms. The van der Waals surface area contributed by atoms with Crippen LogP contribution in [0.4, 0.5) is 0 Å². The zero-order chi connectivity index (χ0) is 14.1. The number of likely N-dealkylation sites (N-methyl/N-ethyl adjacent to an activating group) is 1. The second-order valence-electron chi connectivity index (χ2n) is 6.35. The molecule has 0 radical (unpaired) electrons. The topological polar surface area (TPSA) is 69.6 Å². The Bertz CT molecular complexity index is 334. The maximum Gasteiger partial charge on any atom is 0.394 e. The molecule has 5 heteroatoms. The minimum absolute atomic E-state index is 0.0233. The van der Waals surface area contributed by atoms with Crippen LogP contribution in [0.15, 0.2) is 0 Å². The van der Waals surface area contributed by atoms with E-state index in [4.69, 9.17) is 5.11 Å². The number of carbonyl (C=O) groups excluding carboxylic acids is 1. The van der Waals surface area contributed by atoms with Crippen molar-refractivity contribution in [3.63, 3.8) is 0 Å². The molecular weight excluding hydrogens is 232 g/mol. The van der Waals surface area contributed by atoms with Gasteiger partial charge >= 0.3 is 11.9 Å². The monoisotopic (exact) mass is 256 g/mol. The standard InChI is InChI=1S/C13H24N2O3/c1-6-15(10(16)11(17)18)9-7-12(2,3)14-13(4,5)8-9/h9,14H,6-8H2,1-5H3,(H,17,18). The van der Waals surface area contributed by atoms with Crippen LogP contribution in [0.1, 0.15) is 47.5 Å². The van der Waals surface area contributed by atoms with Crippen LogP contribution in [-0.2, 0) is 9.59 Å². The van der Waals surface area contributed by atoms with E-state index >= 15 is 0 Å². The molecule has 0 unspecified atom stereocenters. The van der Waals surface area contributed by atoms with E-state index in [9.17, 15) is 9.59 Å². The van der Waals surface area contributed by atoms with Gasteiger partial charge in [-0.2, -0.15) is 0 Å². The maximum atomic E-state index is 11.7. The van der Waals surface area contributed by atoms with Gasteiger partial charge in [0.25, 0.3) is 0 Å². The lowest BCUT2D eigenvalue weighted by atomic mass is 9.79. The van der Waals surface area contributed by atoms with Gasteiger partial charge in [-0.15, -0.1) is 0 Å². The highest BCUT2D eigenvalue weighted by atomic mass is 16.4. The third kappa shape index (κ3) is 3.45. The number of rotatable bonds is 2. The first-order valence-corrected chi connectivity index (χ1v) is 6.41. The summed E-state index contributed by atoms with van der Waals surface area (Å²) in [5, 5.41) is 12.4. The van der Waals surface area contributed by atoms with Crippen molar-refractivity contribution in [2.45, 2.75) is 64.6 Å².